The minimum Gasteiger partial charge on any atom is -0.326 e. The Bertz CT molecular complexity index is 858. The van der Waals surface area contributed by atoms with E-state index in [1.165, 1.54) is 16.3 Å². The summed E-state index contributed by atoms with van der Waals surface area (Å²) < 4.78 is 0. The maximum absolute atomic E-state index is 12.2. The zero-order valence-electron chi connectivity index (χ0n) is 13.6. The van der Waals surface area contributed by atoms with Crippen LogP contribution in [0, 0.1) is 0 Å². The summed E-state index contributed by atoms with van der Waals surface area (Å²) in [5, 5.41) is 5.89. The number of para-hydroxylation sites is 1. The average molecular weight is 340 g/mol. The number of nitrogens with one attached hydrogen (secondary N) is 2. The van der Waals surface area contributed by atoms with Crippen LogP contribution < -0.4 is 10.2 Å². The molecule has 0 radical (unpaired) electrons. The van der Waals surface area contributed by atoms with Gasteiger partial charge in [0.1, 0.15) is 6.54 Å². The second-order valence-corrected chi connectivity index (χ2v) is 6.38. The highest BCUT2D eigenvalue weighted by Crippen LogP contribution is 2.20. The summed E-state index contributed by atoms with van der Waals surface area (Å²) in [6.45, 7) is 1.17. The van der Waals surface area contributed by atoms with Gasteiger partial charge in [0.2, 0.25) is 0 Å². The van der Waals surface area contributed by atoms with Crippen LogP contribution in [0.5, 0.6) is 0 Å². The lowest BCUT2D eigenvalue weighted by molar-refractivity contribution is -0.885. The van der Waals surface area contributed by atoms with Gasteiger partial charge in [0.05, 0.1) is 17.8 Å². The first-order valence-corrected chi connectivity index (χ1v) is 8.33. The minimum absolute atomic E-state index is 0.0409. The summed E-state index contributed by atoms with van der Waals surface area (Å²) in [4.78, 5) is 13.4. The van der Waals surface area contributed by atoms with E-state index in [1.54, 1.807) is 12.1 Å². The van der Waals surface area contributed by atoms with E-state index in [-0.39, 0.29) is 5.91 Å². The Morgan fingerprint density at radius 3 is 2.54 bits per heavy atom. The van der Waals surface area contributed by atoms with Gasteiger partial charge in [0.15, 0.2) is 6.54 Å². The number of anilines is 1. The number of amides is 1. The number of fused-ring (bicyclic) bond motifs is 1. The normalized spacial score (nSPS) is 12.1. The molecule has 0 heterocycles. The molecule has 0 fully saturated rings. The smallest absolute Gasteiger partial charge is 0.279 e. The molecule has 24 heavy (non-hydrogen) atoms. The maximum Gasteiger partial charge on any atom is 0.279 e. The maximum atomic E-state index is 12.2. The first-order chi connectivity index (χ1) is 11.6. The van der Waals surface area contributed by atoms with Crippen molar-refractivity contribution in [2.24, 2.45) is 0 Å². The summed E-state index contributed by atoms with van der Waals surface area (Å²) >= 11 is 6.08. The Kier molecular flexibility index (Phi) is 5.14. The van der Waals surface area contributed by atoms with Gasteiger partial charge in [-0.3, -0.25) is 4.79 Å². The predicted molar refractivity (Wildman–Crippen MR) is 99.5 cm³/mol. The third-order valence-electron chi connectivity index (χ3n) is 3.98. The van der Waals surface area contributed by atoms with Gasteiger partial charge in [-0.05, 0) is 22.9 Å². The van der Waals surface area contributed by atoms with Crippen molar-refractivity contribution in [2.45, 2.75) is 6.54 Å². The fraction of sp³-hybridized carbons (Fsp3) is 0.150. The number of benzene rings is 3. The van der Waals surface area contributed by atoms with E-state index in [4.69, 9.17) is 11.6 Å². The molecule has 3 nitrogen and oxygen atoms in total. The van der Waals surface area contributed by atoms with Crippen molar-refractivity contribution in [1.29, 1.82) is 0 Å². The standard InChI is InChI=1S/C20H19ClN2O/c1-23(14-20(24)22-19-12-5-4-11-18(19)21)13-16-9-6-8-15-7-2-3-10-17(15)16/h2-12H,13-14H2,1H3,(H,22,24)/p+1. The van der Waals surface area contributed by atoms with Crippen LogP contribution >= 0.6 is 11.6 Å². The Morgan fingerprint density at radius 2 is 1.71 bits per heavy atom. The molecule has 0 saturated carbocycles. The van der Waals surface area contributed by atoms with Crippen molar-refractivity contribution < 1.29 is 9.69 Å². The number of quaternary nitrogens is 1. The van der Waals surface area contributed by atoms with Crippen molar-refractivity contribution in [1.82, 2.24) is 0 Å². The molecule has 0 aliphatic heterocycles. The van der Waals surface area contributed by atoms with Gasteiger partial charge in [-0.1, -0.05) is 66.2 Å². The van der Waals surface area contributed by atoms with Crippen LogP contribution in [-0.2, 0) is 11.3 Å². The number of likely N-dealkylation sites (N-methyl/N-ethyl adjacent to an activating group) is 1. The zero-order valence-corrected chi connectivity index (χ0v) is 14.3. The van der Waals surface area contributed by atoms with Crippen molar-refractivity contribution in [3.63, 3.8) is 0 Å². The zero-order chi connectivity index (χ0) is 16.9. The number of carbonyl (C=O) groups excluding carboxylic acids is 1. The van der Waals surface area contributed by atoms with Crippen LogP contribution in [-0.4, -0.2) is 19.5 Å². The molecular formula is C20H20ClN2O+. The second-order valence-electron chi connectivity index (χ2n) is 5.98. The van der Waals surface area contributed by atoms with Gasteiger partial charge in [0, 0.05) is 5.56 Å². The molecule has 1 amide bonds. The Hall–Kier alpha value is -2.36. The molecule has 0 aliphatic rings. The van der Waals surface area contributed by atoms with Crippen molar-refractivity contribution in [3.8, 4) is 0 Å². The quantitative estimate of drug-likeness (QED) is 0.735. The number of rotatable bonds is 5. The minimum atomic E-state index is -0.0409. The van der Waals surface area contributed by atoms with Gasteiger partial charge in [-0.15, -0.1) is 0 Å². The number of carbonyl (C=O) groups is 1. The molecule has 0 spiro atoms. The SMILES string of the molecule is C[NH+](CC(=O)Nc1ccccc1Cl)Cc1cccc2ccccc12. The van der Waals surface area contributed by atoms with Crippen LogP contribution in [0.3, 0.4) is 0 Å². The number of hydrogen-bond acceptors (Lipinski definition) is 1. The molecule has 3 rings (SSSR count). The molecule has 0 aromatic heterocycles. The van der Waals surface area contributed by atoms with E-state index in [2.05, 4.69) is 35.6 Å². The molecule has 0 bridgehead atoms. The van der Waals surface area contributed by atoms with E-state index >= 15 is 0 Å². The van der Waals surface area contributed by atoms with E-state index in [0.29, 0.717) is 17.3 Å². The van der Waals surface area contributed by atoms with Gasteiger partial charge >= 0.3 is 0 Å². The van der Waals surface area contributed by atoms with Crippen LogP contribution in [0.25, 0.3) is 10.8 Å². The van der Waals surface area contributed by atoms with Crippen LogP contribution in [0.2, 0.25) is 5.02 Å². The number of halogens is 1. The van der Waals surface area contributed by atoms with E-state index in [1.807, 2.05) is 31.3 Å². The average Bonchev–Trinajstić information content (AvgIpc) is 2.57. The first-order valence-electron chi connectivity index (χ1n) is 7.96. The largest absolute Gasteiger partial charge is 0.326 e. The van der Waals surface area contributed by atoms with Crippen LogP contribution in [0.4, 0.5) is 5.69 Å². The fourth-order valence-corrected chi connectivity index (χ4v) is 3.05. The lowest BCUT2D eigenvalue weighted by Gasteiger charge is -2.15. The lowest BCUT2D eigenvalue weighted by Crippen LogP contribution is -3.08. The monoisotopic (exact) mass is 339 g/mol. The molecule has 3 aromatic rings. The summed E-state index contributed by atoms with van der Waals surface area (Å²) in [7, 11) is 2.02. The van der Waals surface area contributed by atoms with Gasteiger partial charge < -0.3 is 10.2 Å². The third kappa shape index (κ3) is 3.94. The van der Waals surface area contributed by atoms with E-state index in [0.717, 1.165) is 11.4 Å². The summed E-state index contributed by atoms with van der Waals surface area (Å²) in [5.74, 6) is -0.0409. The molecular weight excluding hydrogens is 320 g/mol. The van der Waals surface area contributed by atoms with Gasteiger partial charge in [-0.2, -0.15) is 0 Å². The topological polar surface area (TPSA) is 33.5 Å². The summed E-state index contributed by atoms with van der Waals surface area (Å²) in [6, 6.07) is 21.9. The molecule has 0 saturated heterocycles. The molecule has 1 unspecified atom stereocenters. The van der Waals surface area contributed by atoms with E-state index < -0.39 is 0 Å². The van der Waals surface area contributed by atoms with Crippen LogP contribution in [0.1, 0.15) is 5.56 Å². The van der Waals surface area contributed by atoms with E-state index in [9.17, 15) is 4.79 Å². The molecule has 0 aliphatic carbocycles. The Balaban J connectivity index is 1.66. The van der Waals surface area contributed by atoms with Gasteiger partial charge in [-0.25, -0.2) is 0 Å². The predicted octanol–water partition coefficient (Wildman–Crippen LogP) is 3.15. The molecule has 3 aromatic carbocycles. The Morgan fingerprint density at radius 1 is 1.00 bits per heavy atom. The van der Waals surface area contributed by atoms with Crippen molar-refractivity contribution in [3.05, 3.63) is 77.3 Å². The molecule has 2 N–H and O–H groups in total. The summed E-state index contributed by atoms with van der Waals surface area (Å²) in [5.41, 5.74) is 1.90. The molecule has 4 heteroatoms. The third-order valence-corrected chi connectivity index (χ3v) is 4.31. The highest BCUT2D eigenvalue weighted by Gasteiger charge is 2.13. The van der Waals surface area contributed by atoms with Gasteiger partial charge in [0.25, 0.3) is 5.91 Å². The summed E-state index contributed by atoms with van der Waals surface area (Å²) in [6.07, 6.45) is 0. The Labute approximate surface area is 146 Å². The van der Waals surface area contributed by atoms with Crippen molar-refractivity contribution in [2.75, 3.05) is 18.9 Å². The first kappa shape index (κ1) is 16.5. The lowest BCUT2D eigenvalue weighted by atomic mass is 10.0. The number of hydrogen-bond donors (Lipinski definition) is 2. The highest BCUT2D eigenvalue weighted by molar-refractivity contribution is 6.33. The second kappa shape index (κ2) is 7.47. The molecule has 122 valence electrons. The highest BCUT2D eigenvalue weighted by atomic mass is 35.5. The molecule has 1 atom stereocenters. The fourth-order valence-electron chi connectivity index (χ4n) is 2.87. The van der Waals surface area contributed by atoms with Crippen LogP contribution in [0.15, 0.2) is 66.7 Å². The van der Waals surface area contributed by atoms with Crippen molar-refractivity contribution >= 4 is 34.0 Å².